The molecule has 4 nitrogen and oxygen atoms in total. The number of hydrogen-bond donors (Lipinski definition) is 2. The van der Waals surface area contributed by atoms with E-state index in [9.17, 15) is 13.5 Å². The second-order valence-corrected chi connectivity index (χ2v) is 7.48. The maximum Gasteiger partial charge on any atom is 0.151 e. The Morgan fingerprint density at radius 1 is 1.39 bits per heavy atom. The Hall–Kier alpha value is -0.620. The van der Waals surface area contributed by atoms with Crippen LogP contribution < -0.4 is 5.73 Å². The molecule has 3 N–H and O–H groups in total. The number of aliphatic hydroxyl groups excluding tert-OH is 1. The molecule has 2 rings (SSSR count). The number of sulfone groups is 1. The van der Waals surface area contributed by atoms with Crippen LogP contribution in [-0.4, -0.2) is 38.2 Å². The van der Waals surface area contributed by atoms with Crippen molar-refractivity contribution >= 4 is 21.4 Å². The monoisotopic (exact) mass is 289 g/mol. The Labute approximate surface area is 112 Å². The second kappa shape index (κ2) is 4.49. The molecule has 0 aromatic heterocycles. The first kappa shape index (κ1) is 13.8. The quantitative estimate of drug-likeness (QED) is 0.859. The summed E-state index contributed by atoms with van der Waals surface area (Å²) in [6, 6.07) is 7.01. The summed E-state index contributed by atoms with van der Waals surface area (Å²) < 4.78 is 23.6. The lowest BCUT2D eigenvalue weighted by Gasteiger charge is -2.11. The smallest absolute Gasteiger partial charge is 0.151 e. The van der Waals surface area contributed by atoms with Crippen LogP contribution in [0.25, 0.3) is 0 Å². The Bertz CT molecular complexity index is 537. The molecule has 1 aliphatic carbocycles. The molecule has 1 saturated carbocycles. The predicted octanol–water partition coefficient (Wildman–Crippen LogP) is 0.788. The number of halogens is 1. The summed E-state index contributed by atoms with van der Waals surface area (Å²) in [6.07, 6.45) is 1.19. The SMILES string of the molecule is CS(=O)(=O)[C@@H]1[C@@H](c2ccc(Cl)cc2)[C@]1(CN)CO. The number of nitrogens with two attached hydrogens (primary N) is 1. The standard InChI is InChI=1S/C12H16ClNO3S/c1-18(16,17)11-10(12(11,6-14)7-15)8-2-4-9(13)5-3-8/h2-5,10-11,15H,6-7,14H2,1H3/t10-,11-,12+/m1/s1. The van der Waals surface area contributed by atoms with Gasteiger partial charge in [0.2, 0.25) is 0 Å². The van der Waals surface area contributed by atoms with E-state index in [0.29, 0.717) is 5.02 Å². The zero-order valence-corrected chi connectivity index (χ0v) is 11.6. The molecule has 0 amide bonds. The molecule has 1 fully saturated rings. The van der Waals surface area contributed by atoms with Crippen LogP contribution in [0.4, 0.5) is 0 Å². The van der Waals surface area contributed by atoms with E-state index in [1.165, 1.54) is 6.26 Å². The molecule has 1 aromatic carbocycles. The van der Waals surface area contributed by atoms with Crippen LogP contribution in [-0.2, 0) is 9.84 Å². The van der Waals surface area contributed by atoms with E-state index >= 15 is 0 Å². The van der Waals surface area contributed by atoms with Gasteiger partial charge in [0.05, 0.1) is 11.9 Å². The maximum atomic E-state index is 11.8. The first-order chi connectivity index (χ1) is 8.36. The van der Waals surface area contributed by atoms with Gasteiger partial charge in [-0.15, -0.1) is 0 Å². The first-order valence-electron chi connectivity index (χ1n) is 5.62. The van der Waals surface area contributed by atoms with Crippen LogP contribution in [0, 0.1) is 5.41 Å². The predicted molar refractivity (Wildman–Crippen MR) is 71.4 cm³/mol. The van der Waals surface area contributed by atoms with Crippen molar-refractivity contribution in [2.24, 2.45) is 11.1 Å². The second-order valence-electron chi connectivity index (χ2n) is 4.87. The van der Waals surface area contributed by atoms with Gasteiger partial charge in [0.25, 0.3) is 0 Å². The van der Waals surface area contributed by atoms with Gasteiger partial charge >= 0.3 is 0 Å². The van der Waals surface area contributed by atoms with Crippen molar-refractivity contribution in [2.75, 3.05) is 19.4 Å². The van der Waals surface area contributed by atoms with Gasteiger partial charge in [0.15, 0.2) is 9.84 Å². The summed E-state index contributed by atoms with van der Waals surface area (Å²) in [4.78, 5) is 0. The third kappa shape index (κ3) is 2.05. The van der Waals surface area contributed by atoms with Crippen molar-refractivity contribution in [3.8, 4) is 0 Å². The Kier molecular flexibility index (Phi) is 3.44. The molecular weight excluding hydrogens is 274 g/mol. The molecule has 6 heteroatoms. The highest BCUT2D eigenvalue weighted by atomic mass is 35.5. The maximum absolute atomic E-state index is 11.8. The van der Waals surface area contributed by atoms with Gasteiger partial charge in [-0.2, -0.15) is 0 Å². The van der Waals surface area contributed by atoms with Gasteiger partial charge in [0, 0.05) is 29.2 Å². The first-order valence-corrected chi connectivity index (χ1v) is 7.95. The average Bonchev–Trinajstić information content (AvgIpc) is 3.00. The lowest BCUT2D eigenvalue weighted by molar-refractivity contribution is 0.212. The largest absolute Gasteiger partial charge is 0.396 e. The van der Waals surface area contributed by atoms with Crippen molar-refractivity contribution in [3.63, 3.8) is 0 Å². The highest BCUT2D eigenvalue weighted by Crippen LogP contribution is 2.61. The number of aliphatic hydroxyl groups is 1. The lowest BCUT2D eigenvalue weighted by Crippen LogP contribution is -2.27. The van der Waals surface area contributed by atoms with Crippen LogP contribution in [0.15, 0.2) is 24.3 Å². The zero-order valence-electron chi connectivity index (χ0n) is 10.0. The van der Waals surface area contributed by atoms with Gasteiger partial charge in [-0.05, 0) is 17.7 Å². The summed E-state index contributed by atoms with van der Waals surface area (Å²) in [5, 5.41) is 9.49. The van der Waals surface area contributed by atoms with Gasteiger partial charge in [0.1, 0.15) is 0 Å². The van der Waals surface area contributed by atoms with Gasteiger partial charge in [-0.1, -0.05) is 23.7 Å². The zero-order chi connectivity index (χ0) is 13.6. The van der Waals surface area contributed by atoms with Crippen LogP contribution in [0.5, 0.6) is 0 Å². The highest BCUT2D eigenvalue weighted by molar-refractivity contribution is 7.91. The summed E-state index contributed by atoms with van der Waals surface area (Å²) in [5.74, 6) is -0.250. The minimum Gasteiger partial charge on any atom is -0.396 e. The fraction of sp³-hybridized carbons (Fsp3) is 0.500. The molecule has 0 aliphatic heterocycles. The molecule has 100 valence electrons. The molecule has 0 unspecified atom stereocenters. The van der Waals surface area contributed by atoms with Crippen LogP contribution in [0.3, 0.4) is 0 Å². The van der Waals surface area contributed by atoms with Crippen molar-refractivity contribution in [2.45, 2.75) is 11.2 Å². The van der Waals surface area contributed by atoms with E-state index in [-0.39, 0.29) is 19.1 Å². The lowest BCUT2D eigenvalue weighted by atomic mass is 10.0. The fourth-order valence-corrected chi connectivity index (χ4v) is 4.94. The topological polar surface area (TPSA) is 80.4 Å². The highest BCUT2D eigenvalue weighted by Gasteiger charge is 2.68. The third-order valence-electron chi connectivity index (χ3n) is 3.74. The summed E-state index contributed by atoms with van der Waals surface area (Å²) >= 11 is 5.81. The molecule has 1 aromatic rings. The normalized spacial score (nSPS) is 31.3. The third-order valence-corrected chi connectivity index (χ3v) is 5.66. The van der Waals surface area contributed by atoms with E-state index in [2.05, 4.69) is 0 Å². The number of hydrogen-bond acceptors (Lipinski definition) is 4. The molecular formula is C12H16ClNO3S. The molecule has 0 bridgehead atoms. The Morgan fingerprint density at radius 3 is 2.28 bits per heavy atom. The van der Waals surface area contributed by atoms with E-state index in [4.69, 9.17) is 17.3 Å². The summed E-state index contributed by atoms with van der Waals surface area (Å²) in [7, 11) is -3.24. The van der Waals surface area contributed by atoms with Crippen LogP contribution in [0.1, 0.15) is 11.5 Å². The summed E-state index contributed by atoms with van der Waals surface area (Å²) in [5.41, 5.74) is 5.78. The van der Waals surface area contributed by atoms with Crippen molar-refractivity contribution in [1.29, 1.82) is 0 Å². The van der Waals surface area contributed by atoms with Gasteiger partial charge in [-0.3, -0.25) is 0 Å². The Balaban J connectivity index is 2.41. The minimum atomic E-state index is -3.24. The molecule has 1 aliphatic rings. The summed E-state index contributed by atoms with van der Waals surface area (Å²) in [6.45, 7) is -0.0803. The van der Waals surface area contributed by atoms with E-state index in [1.807, 2.05) is 0 Å². The number of benzene rings is 1. The van der Waals surface area contributed by atoms with Gasteiger partial charge < -0.3 is 10.8 Å². The van der Waals surface area contributed by atoms with E-state index < -0.39 is 20.5 Å². The van der Waals surface area contributed by atoms with Crippen molar-refractivity contribution < 1.29 is 13.5 Å². The molecule has 0 heterocycles. The van der Waals surface area contributed by atoms with E-state index in [1.54, 1.807) is 24.3 Å². The van der Waals surface area contributed by atoms with Gasteiger partial charge in [-0.25, -0.2) is 8.42 Å². The fourth-order valence-electron chi connectivity index (χ4n) is 2.80. The van der Waals surface area contributed by atoms with Crippen molar-refractivity contribution in [3.05, 3.63) is 34.9 Å². The number of rotatable bonds is 4. The molecule has 3 atom stereocenters. The molecule has 0 saturated heterocycles. The van der Waals surface area contributed by atoms with Crippen molar-refractivity contribution in [1.82, 2.24) is 0 Å². The van der Waals surface area contributed by atoms with E-state index in [0.717, 1.165) is 5.56 Å². The van der Waals surface area contributed by atoms with Crippen LogP contribution >= 0.6 is 11.6 Å². The molecule has 0 radical (unpaired) electrons. The average molecular weight is 290 g/mol. The minimum absolute atomic E-state index is 0.147. The Morgan fingerprint density at radius 2 is 1.94 bits per heavy atom. The van der Waals surface area contributed by atoms with Crippen LogP contribution in [0.2, 0.25) is 5.02 Å². The molecule has 0 spiro atoms. The molecule has 18 heavy (non-hydrogen) atoms.